The summed E-state index contributed by atoms with van der Waals surface area (Å²) in [6, 6.07) is 5.13. The van der Waals surface area contributed by atoms with E-state index >= 15 is 0 Å². The highest BCUT2D eigenvalue weighted by Gasteiger charge is 2.23. The number of hydrogen-bond acceptors (Lipinski definition) is 5. The van der Waals surface area contributed by atoms with E-state index in [1.54, 1.807) is 6.92 Å². The zero-order chi connectivity index (χ0) is 18.1. The molecule has 2 aromatic heterocycles. The van der Waals surface area contributed by atoms with Crippen molar-refractivity contribution < 1.29 is 9.32 Å². The van der Waals surface area contributed by atoms with Gasteiger partial charge in [-0.3, -0.25) is 14.2 Å². The number of aromatic nitrogens is 3. The molecule has 0 aliphatic heterocycles. The lowest BCUT2D eigenvalue weighted by molar-refractivity contribution is -0.119. The van der Waals surface area contributed by atoms with E-state index in [0.29, 0.717) is 17.5 Å². The van der Waals surface area contributed by atoms with Gasteiger partial charge in [-0.15, -0.1) is 0 Å². The number of hydrogen-bond donors (Lipinski definition) is 1. The minimum absolute atomic E-state index is 0.184. The van der Waals surface area contributed by atoms with Crippen LogP contribution in [0.4, 0.5) is 5.69 Å². The molecule has 3 aromatic rings. The van der Waals surface area contributed by atoms with E-state index in [0.717, 1.165) is 16.8 Å². The maximum Gasteiger partial charge on any atom is 0.267 e. The summed E-state index contributed by atoms with van der Waals surface area (Å²) in [6.07, 6.45) is 1.79. The molecule has 1 unspecified atom stereocenters. The van der Waals surface area contributed by atoms with Gasteiger partial charge in [0.05, 0.1) is 5.69 Å². The zero-order valence-corrected chi connectivity index (χ0v) is 14.7. The molecule has 0 saturated carbocycles. The standard InChI is InChI=1S/C18H20N4O3/c1-5-14(16(23)20-13-7-6-10(2)8-11(13)3)22-9-19-17-15(18(22)24)12(4)21-25-17/h6-9,14H,5H2,1-4H3,(H,20,23). The number of aryl methyl sites for hydroxylation is 3. The highest BCUT2D eigenvalue weighted by Crippen LogP contribution is 2.20. The van der Waals surface area contributed by atoms with Crippen LogP contribution in [0.2, 0.25) is 0 Å². The Morgan fingerprint density at radius 1 is 1.32 bits per heavy atom. The summed E-state index contributed by atoms with van der Waals surface area (Å²) in [4.78, 5) is 29.6. The Morgan fingerprint density at radius 2 is 2.08 bits per heavy atom. The third-order valence-corrected chi connectivity index (χ3v) is 4.26. The maximum absolute atomic E-state index is 12.8. The molecule has 0 aliphatic rings. The van der Waals surface area contributed by atoms with Crippen LogP contribution in [0, 0.1) is 20.8 Å². The number of nitrogens with zero attached hydrogens (tertiary/aromatic N) is 3. The van der Waals surface area contributed by atoms with Crippen LogP contribution >= 0.6 is 0 Å². The number of rotatable bonds is 4. The van der Waals surface area contributed by atoms with E-state index in [-0.39, 0.29) is 17.2 Å². The highest BCUT2D eigenvalue weighted by atomic mass is 16.5. The van der Waals surface area contributed by atoms with Gasteiger partial charge < -0.3 is 9.84 Å². The Kier molecular flexibility index (Phi) is 4.39. The second kappa shape index (κ2) is 6.51. The van der Waals surface area contributed by atoms with Crippen LogP contribution in [-0.4, -0.2) is 20.6 Å². The van der Waals surface area contributed by atoms with Crippen molar-refractivity contribution in [2.75, 3.05) is 5.32 Å². The molecular formula is C18H20N4O3. The monoisotopic (exact) mass is 340 g/mol. The van der Waals surface area contributed by atoms with Crippen molar-refractivity contribution in [1.82, 2.24) is 14.7 Å². The largest absolute Gasteiger partial charge is 0.335 e. The van der Waals surface area contributed by atoms with Crippen molar-refractivity contribution in [3.05, 3.63) is 51.7 Å². The molecule has 1 atom stereocenters. The summed E-state index contributed by atoms with van der Waals surface area (Å²) < 4.78 is 6.34. The normalized spacial score (nSPS) is 12.3. The minimum atomic E-state index is -0.667. The first kappa shape index (κ1) is 16.9. The van der Waals surface area contributed by atoms with E-state index in [1.807, 2.05) is 39.0 Å². The van der Waals surface area contributed by atoms with Crippen molar-refractivity contribution in [2.24, 2.45) is 0 Å². The van der Waals surface area contributed by atoms with Gasteiger partial charge in [0, 0.05) is 5.69 Å². The quantitative estimate of drug-likeness (QED) is 0.788. The van der Waals surface area contributed by atoms with Crippen LogP contribution in [0.1, 0.15) is 36.2 Å². The Bertz CT molecular complexity index is 1000. The molecule has 2 heterocycles. The fourth-order valence-corrected chi connectivity index (χ4v) is 2.89. The number of anilines is 1. The topological polar surface area (TPSA) is 90.0 Å². The van der Waals surface area contributed by atoms with Gasteiger partial charge in [0.2, 0.25) is 5.91 Å². The average Bonchev–Trinajstić information content (AvgIpc) is 2.95. The zero-order valence-electron chi connectivity index (χ0n) is 14.7. The molecule has 3 rings (SSSR count). The van der Waals surface area contributed by atoms with Crippen LogP contribution in [-0.2, 0) is 4.79 Å². The van der Waals surface area contributed by atoms with Gasteiger partial charge in [0.1, 0.15) is 17.8 Å². The van der Waals surface area contributed by atoms with Gasteiger partial charge >= 0.3 is 0 Å². The van der Waals surface area contributed by atoms with Gasteiger partial charge in [-0.2, -0.15) is 0 Å². The minimum Gasteiger partial charge on any atom is -0.335 e. The summed E-state index contributed by atoms with van der Waals surface area (Å²) in [5.74, 6) is -0.258. The lowest BCUT2D eigenvalue weighted by Gasteiger charge is -2.18. The van der Waals surface area contributed by atoms with Crippen LogP contribution in [0.15, 0.2) is 33.8 Å². The molecule has 7 heteroatoms. The maximum atomic E-state index is 12.8. The van der Waals surface area contributed by atoms with E-state index in [4.69, 9.17) is 4.52 Å². The van der Waals surface area contributed by atoms with Gasteiger partial charge in [-0.25, -0.2) is 4.98 Å². The Balaban J connectivity index is 1.97. The number of amides is 1. The summed E-state index contributed by atoms with van der Waals surface area (Å²) in [5, 5.41) is 6.97. The third kappa shape index (κ3) is 3.05. The molecular weight excluding hydrogens is 320 g/mol. The van der Waals surface area contributed by atoms with Crippen LogP contribution in [0.3, 0.4) is 0 Å². The average molecular weight is 340 g/mol. The molecule has 1 N–H and O–H groups in total. The first-order chi connectivity index (χ1) is 11.9. The molecule has 0 radical (unpaired) electrons. The number of benzene rings is 1. The van der Waals surface area contributed by atoms with Crippen molar-refractivity contribution in [3.63, 3.8) is 0 Å². The molecule has 0 bridgehead atoms. The molecule has 1 aromatic carbocycles. The van der Waals surface area contributed by atoms with Crippen LogP contribution < -0.4 is 10.9 Å². The van der Waals surface area contributed by atoms with Gasteiger partial charge in [0.25, 0.3) is 11.3 Å². The fraction of sp³-hybridized carbons (Fsp3) is 0.333. The molecule has 1 amide bonds. The molecule has 25 heavy (non-hydrogen) atoms. The predicted molar refractivity (Wildman–Crippen MR) is 94.7 cm³/mol. The predicted octanol–water partition coefficient (Wildman–Crippen LogP) is 2.90. The van der Waals surface area contributed by atoms with Gasteiger partial charge in [-0.1, -0.05) is 29.8 Å². The van der Waals surface area contributed by atoms with Gasteiger partial charge in [-0.05, 0) is 38.8 Å². The Morgan fingerprint density at radius 3 is 2.76 bits per heavy atom. The summed E-state index contributed by atoms with van der Waals surface area (Å²) in [6.45, 7) is 7.46. The van der Waals surface area contributed by atoms with E-state index in [2.05, 4.69) is 15.5 Å². The number of fused-ring (bicyclic) bond motifs is 1. The van der Waals surface area contributed by atoms with Crippen LogP contribution in [0.25, 0.3) is 11.1 Å². The summed E-state index contributed by atoms with van der Waals surface area (Å²) in [7, 11) is 0. The van der Waals surface area contributed by atoms with E-state index < -0.39 is 6.04 Å². The van der Waals surface area contributed by atoms with Crippen molar-refractivity contribution >= 4 is 22.7 Å². The molecule has 0 aliphatic carbocycles. The van der Waals surface area contributed by atoms with Gasteiger partial charge in [0.15, 0.2) is 0 Å². The highest BCUT2D eigenvalue weighted by molar-refractivity contribution is 5.94. The molecule has 7 nitrogen and oxygen atoms in total. The van der Waals surface area contributed by atoms with E-state index in [9.17, 15) is 9.59 Å². The second-order valence-corrected chi connectivity index (χ2v) is 6.14. The number of carbonyl (C=O) groups is 1. The van der Waals surface area contributed by atoms with E-state index in [1.165, 1.54) is 10.9 Å². The smallest absolute Gasteiger partial charge is 0.267 e. The molecule has 0 spiro atoms. The molecule has 0 fully saturated rings. The SMILES string of the molecule is CCC(C(=O)Nc1ccc(C)cc1C)n1cnc2onc(C)c2c1=O. The first-order valence-corrected chi connectivity index (χ1v) is 8.13. The second-order valence-electron chi connectivity index (χ2n) is 6.14. The van der Waals surface area contributed by atoms with Crippen molar-refractivity contribution in [2.45, 2.75) is 40.2 Å². The lowest BCUT2D eigenvalue weighted by Crippen LogP contribution is -2.33. The number of nitrogens with one attached hydrogen (secondary N) is 1. The first-order valence-electron chi connectivity index (χ1n) is 8.13. The molecule has 130 valence electrons. The van der Waals surface area contributed by atoms with Crippen molar-refractivity contribution in [3.8, 4) is 0 Å². The fourth-order valence-electron chi connectivity index (χ4n) is 2.89. The van der Waals surface area contributed by atoms with Crippen molar-refractivity contribution in [1.29, 1.82) is 0 Å². The number of carbonyl (C=O) groups excluding carboxylic acids is 1. The Labute approximate surface area is 144 Å². The molecule has 0 saturated heterocycles. The lowest BCUT2D eigenvalue weighted by atomic mass is 10.1. The van der Waals surface area contributed by atoms with Crippen LogP contribution in [0.5, 0.6) is 0 Å². The Hall–Kier alpha value is -2.96. The summed E-state index contributed by atoms with van der Waals surface area (Å²) in [5.41, 5.74) is 3.15. The summed E-state index contributed by atoms with van der Waals surface area (Å²) >= 11 is 0. The third-order valence-electron chi connectivity index (χ3n) is 4.26.